The van der Waals surface area contributed by atoms with Gasteiger partial charge in [-0.2, -0.15) is 0 Å². The van der Waals surface area contributed by atoms with E-state index in [-0.39, 0.29) is 10.5 Å². The molecule has 0 aliphatic heterocycles. The van der Waals surface area contributed by atoms with Gasteiger partial charge in [0, 0.05) is 36.0 Å². The Balaban J connectivity index is 1.62. The average molecular weight is 449 g/mol. The number of nitrogens with zero attached hydrogens (tertiary/aromatic N) is 2. The fraction of sp³-hybridized carbons (Fsp3) is 0.167. The number of benzene rings is 1. The highest BCUT2D eigenvalue weighted by Gasteiger charge is 2.11. The van der Waals surface area contributed by atoms with Crippen molar-refractivity contribution in [2.75, 3.05) is 6.26 Å². The van der Waals surface area contributed by atoms with Gasteiger partial charge in [-0.25, -0.2) is 8.42 Å². The molecule has 0 spiro atoms. The summed E-state index contributed by atoms with van der Waals surface area (Å²) < 4.78 is 25.9. The van der Waals surface area contributed by atoms with Gasteiger partial charge >= 0.3 is 0 Å². The molecule has 0 N–H and O–H groups in total. The smallest absolute Gasteiger partial charge is 0.259 e. The van der Waals surface area contributed by atoms with Crippen molar-refractivity contribution in [2.24, 2.45) is 0 Å². The molecule has 0 amide bonds. The molecule has 156 valence electrons. The highest BCUT2D eigenvalue weighted by atomic mass is 32.2. The third kappa shape index (κ3) is 4.76. The second-order valence-corrected chi connectivity index (χ2v) is 10.4. The van der Waals surface area contributed by atoms with Crippen molar-refractivity contribution in [1.82, 2.24) is 9.55 Å². The van der Waals surface area contributed by atoms with Crippen molar-refractivity contribution in [2.45, 2.75) is 24.8 Å². The zero-order valence-electron chi connectivity index (χ0n) is 17.1. The Bertz CT molecular complexity index is 1470. The summed E-state index contributed by atoms with van der Waals surface area (Å²) in [4.78, 5) is 18.2. The van der Waals surface area contributed by atoms with Gasteiger partial charge in [-0.3, -0.25) is 9.78 Å². The maximum Gasteiger partial charge on any atom is 0.259 e. The lowest BCUT2D eigenvalue weighted by molar-refractivity contribution is 0.602. The Morgan fingerprint density at radius 3 is 2.45 bits per heavy atom. The SMILES string of the molecule is Cc1cn(Cc2ccc(S(C)(=O)=O)cc2)c(=O)c2cc(C#CCc3ccncc3)sc12. The number of hydrogen-bond donors (Lipinski definition) is 0. The van der Waals surface area contributed by atoms with Gasteiger partial charge in [0.1, 0.15) is 0 Å². The van der Waals surface area contributed by atoms with Gasteiger partial charge in [-0.15, -0.1) is 11.3 Å². The largest absolute Gasteiger partial charge is 0.310 e. The predicted molar refractivity (Wildman–Crippen MR) is 124 cm³/mol. The van der Waals surface area contributed by atoms with Crippen LogP contribution in [0.25, 0.3) is 10.1 Å². The van der Waals surface area contributed by atoms with Crippen molar-refractivity contribution in [3.05, 3.63) is 93.0 Å². The van der Waals surface area contributed by atoms with Crippen LogP contribution in [0.4, 0.5) is 0 Å². The number of aryl methyl sites for hydroxylation is 1. The summed E-state index contributed by atoms with van der Waals surface area (Å²) in [5.74, 6) is 6.33. The molecule has 5 nitrogen and oxygen atoms in total. The van der Waals surface area contributed by atoms with E-state index in [1.807, 2.05) is 31.3 Å². The van der Waals surface area contributed by atoms with Crippen molar-refractivity contribution in [1.29, 1.82) is 0 Å². The predicted octanol–water partition coefficient (Wildman–Crippen LogP) is 3.81. The highest BCUT2D eigenvalue weighted by molar-refractivity contribution is 7.90. The van der Waals surface area contributed by atoms with Gasteiger partial charge in [0.15, 0.2) is 9.84 Å². The highest BCUT2D eigenvalue weighted by Crippen LogP contribution is 2.26. The summed E-state index contributed by atoms with van der Waals surface area (Å²) in [5, 5.41) is 0.658. The molecule has 0 aliphatic rings. The van der Waals surface area contributed by atoms with Crippen LogP contribution in [0.2, 0.25) is 0 Å². The molecule has 3 aromatic heterocycles. The maximum absolute atomic E-state index is 13.0. The first-order chi connectivity index (χ1) is 14.8. The molecule has 1 aromatic carbocycles. The Labute approximate surface area is 184 Å². The van der Waals surface area contributed by atoms with Gasteiger partial charge in [0.2, 0.25) is 0 Å². The minimum atomic E-state index is -3.24. The zero-order chi connectivity index (χ0) is 22.0. The van der Waals surface area contributed by atoms with Crippen molar-refractivity contribution >= 4 is 31.3 Å². The van der Waals surface area contributed by atoms with Crippen molar-refractivity contribution in [3.63, 3.8) is 0 Å². The lowest BCUT2D eigenvalue weighted by Gasteiger charge is -2.08. The third-order valence-electron chi connectivity index (χ3n) is 4.89. The Morgan fingerprint density at radius 1 is 1.06 bits per heavy atom. The lowest BCUT2D eigenvalue weighted by atomic mass is 10.2. The number of sulfone groups is 1. The minimum Gasteiger partial charge on any atom is -0.310 e. The molecule has 0 unspecified atom stereocenters. The molecule has 0 fully saturated rings. The second-order valence-electron chi connectivity index (χ2n) is 7.35. The van der Waals surface area contributed by atoms with E-state index >= 15 is 0 Å². The van der Waals surface area contributed by atoms with Crippen LogP contribution in [0.15, 0.2) is 70.7 Å². The third-order valence-corrected chi connectivity index (χ3v) is 7.20. The summed E-state index contributed by atoms with van der Waals surface area (Å²) in [6.45, 7) is 2.36. The summed E-state index contributed by atoms with van der Waals surface area (Å²) >= 11 is 1.53. The molecular weight excluding hydrogens is 428 g/mol. The Hall–Kier alpha value is -3.21. The van der Waals surface area contributed by atoms with Crippen LogP contribution < -0.4 is 5.56 Å². The van der Waals surface area contributed by atoms with Crippen LogP contribution in [0.5, 0.6) is 0 Å². The number of pyridine rings is 2. The summed E-state index contributed by atoms with van der Waals surface area (Å²) in [5.41, 5.74) is 2.89. The fourth-order valence-corrected chi connectivity index (χ4v) is 4.92. The molecule has 0 aliphatic carbocycles. The second kappa shape index (κ2) is 8.50. The Kier molecular flexibility index (Phi) is 5.77. The molecule has 7 heteroatoms. The van der Waals surface area contributed by atoms with Gasteiger partial charge in [0.25, 0.3) is 5.56 Å². The molecule has 4 rings (SSSR count). The monoisotopic (exact) mass is 448 g/mol. The van der Waals surface area contributed by atoms with E-state index in [1.165, 1.54) is 17.6 Å². The molecule has 0 saturated heterocycles. The van der Waals surface area contributed by atoms with Crippen LogP contribution in [-0.4, -0.2) is 24.2 Å². The van der Waals surface area contributed by atoms with Gasteiger partial charge in [-0.1, -0.05) is 24.0 Å². The molecule has 0 saturated carbocycles. The molecular formula is C24H20N2O3S2. The van der Waals surface area contributed by atoms with Crippen LogP contribution in [-0.2, 0) is 22.8 Å². The van der Waals surface area contributed by atoms with Crippen LogP contribution in [0.3, 0.4) is 0 Å². The minimum absolute atomic E-state index is 0.0776. The van der Waals surface area contributed by atoms with Crippen molar-refractivity contribution < 1.29 is 8.42 Å². The standard InChI is InChI=1S/C24H20N2O3S2/c1-17-15-26(16-19-6-8-21(9-7-19)31(2,28)29)24(27)22-14-20(30-23(17)22)5-3-4-18-10-12-25-13-11-18/h6-15H,4,16H2,1-2H3. The van der Waals surface area contributed by atoms with E-state index in [0.29, 0.717) is 18.4 Å². The van der Waals surface area contributed by atoms with E-state index in [4.69, 9.17) is 0 Å². The van der Waals surface area contributed by atoms with E-state index in [0.717, 1.165) is 26.3 Å². The van der Waals surface area contributed by atoms with E-state index in [2.05, 4.69) is 16.8 Å². The molecule has 31 heavy (non-hydrogen) atoms. The lowest BCUT2D eigenvalue weighted by Crippen LogP contribution is -2.20. The first-order valence-corrected chi connectivity index (χ1v) is 12.3. The molecule has 0 bridgehead atoms. The van der Waals surface area contributed by atoms with Crippen molar-refractivity contribution in [3.8, 4) is 11.8 Å². The number of hydrogen-bond acceptors (Lipinski definition) is 5. The number of fused-ring (bicyclic) bond motifs is 1. The Morgan fingerprint density at radius 2 is 1.77 bits per heavy atom. The number of rotatable bonds is 4. The first-order valence-electron chi connectivity index (χ1n) is 9.61. The summed E-state index contributed by atoms with van der Waals surface area (Å²) in [7, 11) is -3.24. The van der Waals surface area contributed by atoms with Crippen LogP contribution in [0.1, 0.15) is 21.6 Å². The summed E-state index contributed by atoms with van der Waals surface area (Å²) in [6.07, 6.45) is 7.15. The fourth-order valence-electron chi connectivity index (χ4n) is 3.30. The molecule has 3 heterocycles. The van der Waals surface area contributed by atoms with Gasteiger partial charge in [0.05, 0.1) is 21.7 Å². The van der Waals surface area contributed by atoms with Gasteiger partial charge < -0.3 is 4.57 Å². The maximum atomic E-state index is 13.0. The first kappa shape index (κ1) is 21.0. The van der Waals surface area contributed by atoms with Gasteiger partial charge in [-0.05, 0) is 53.9 Å². The normalized spacial score (nSPS) is 11.3. The molecule has 4 aromatic rings. The van der Waals surface area contributed by atoms with Crippen LogP contribution >= 0.6 is 11.3 Å². The van der Waals surface area contributed by atoms with E-state index in [1.54, 1.807) is 41.2 Å². The summed E-state index contributed by atoms with van der Waals surface area (Å²) in [6, 6.07) is 12.4. The molecule has 0 radical (unpaired) electrons. The van der Waals surface area contributed by atoms with E-state index < -0.39 is 9.84 Å². The van der Waals surface area contributed by atoms with Crippen LogP contribution in [0, 0.1) is 18.8 Å². The quantitative estimate of drug-likeness (QED) is 0.445. The topological polar surface area (TPSA) is 69.0 Å². The number of thiophene rings is 1. The zero-order valence-corrected chi connectivity index (χ0v) is 18.8. The van der Waals surface area contributed by atoms with E-state index in [9.17, 15) is 13.2 Å². The number of aromatic nitrogens is 2. The average Bonchev–Trinajstić information content (AvgIpc) is 3.17. The molecule has 0 atom stereocenters.